The van der Waals surface area contributed by atoms with Crippen LogP contribution in [0.1, 0.15) is 136 Å². The molecule has 0 bridgehead atoms. The first-order valence-corrected chi connectivity index (χ1v) is 20.2. The molecular formula is C44H64N3O4. The fourth-order valence-corrected chi connectivity index (χ4v) is 11.0. The maximum atomic E-state index is 12.4. The fraction of sp³-hybridized carbons (Fsp3) is 0.727. The number of aldehydes is 1. The molecule has 3 fully saturated rings. The Morgan fingerprint density at radius 1 is 1.02 bits per heavy atom. The maximum Gasteiger partial charge on any atom is 0.242 e. The largest absolute Gasteiger partial charge is 0.378 e. The lowest BCUT2D eigenvalue weighted by molar-refractivity contribution is -0.127. The van der Waals surface area contributed by atoms with E-state index < -0.39 is 11.9 Å². The lowest BCUT2D eigenvalue weighted by Crippen LogP contribution is -2.51. The highest BCUT2D eigenvalue weighted by molar-refractivity contribution is 5.85. The topological polar surface area (TPSA) is 110 Å². The SMILES string of the molecule is CC(C)CCC[C@@H](C)[C@H]1CCC2C3CC=C4C[C@@H](OCCCNC(=O)CCC(=O)[N][C@H](C=O)Cc5ccc(C#N)cc5)CC[C@]4(C)C3CC[C@@]21C. The normalized spacial score (nSPS) is 30.9. The second-order valence-corrected chi connectivity index (χ2v) is 17.5. The van der Waals surface area contributed by atoms with Crippen molar-refractivity contribution in [2.45, 2.75) is 143 Å². The van der Waals surface area contributed by atoms with E-state index in [-0.39, 0.29) is 31.3 Å². The van der Waals surface area contributed by atoms with E-state index in [4.69, 9.17) is 10.00 Å². The average molecular weight is 699 g/mol. The number of nitriles is 1. The summed E-state index contributed by atoms with van der Waals surface area (Å²) < 4.78 is 6.37. The van der Waals surface area contributed by atoms with Crippen LogP contribution < -0.4 is 10.6 Å². The Balaban J connectivity index is 0.994. The number of hydrogen-bond donors (Lipinski definition) is 1. The number of fused-ring (bicyclic) bond motifs is 5. The Kier molecular flexibility index (Phi) is 13.6. The van der Waals surface area contributed by atoms with Gasteiger partial charge < -0.3 is 14.8 Å². The molecule has 279 valence electrons. The Morgan fingerprint density at radius 2 is 1.80 bits per heavy atom. The molecule has 2 amide bonds. The van der Waals surface area contributed by atoms with E-state index >= 15 is 0 Å². The molecule has 5 rings (SSSR count). The van der Waals surface area contributed by atoms with E-state index in [1.54, 1.807) is 29.8 Å². The molecule has 7 heteroatoms. The second kappa shape index (κ2) is 17.7. The number of carbonyl (C=O) groups excluding carboxylic acids is 3. The fourth-order valence-electron chi connectivity index (χ4n) is 11.0. The van der Waals surface area contributed by atoms with Gasteiger partial charge in [0.2, 0.25) is 11.8 Å². The van der Waals surface area contributed by atoms with Crippen LogP contribution in [0.2, 0.25) is 0 Å². The van der Waals surface area contributed by atoms with Gasteiger partial charge in [-0.15, -0.1) is 0 Å². The monoisotopic (exact) mass is 698 g/mol. The Hall–Kier alpha value is -2.98. The first kappa shape index (κ1) is 39.2. The summed E-state index contributed by atoms with van der Waals surface area (Å²) in [5.74, 6) is 4.45. The first-order valence-electron chi connectivity index (χ1n) is 20.2. The maximum absolute atomic E-state index is 12.4. The van der Waals surface area contributed by atoms with Gasteiger partial charge in [0.1, 0.15) is 12.3 Å². The van der Waals surface area contributed by atoms with Crippen LogP contribution in [0.25, 0.3) is 0 Å². The van der Waals surface area contributed by atoms with Gasteiger partial charge in [-0.05, 0) is 122 Å². The number of ether oxygens (including phenoxy) is 1. The molecular weight excluding hydrogens is 635 g/mol. The molecule has 4 aliphatic carbocycles. The highest BCUT2D eigenvalue weighted by Gasteiger charge is 2.59. The first-order chi connectivity index (χ1) is 24.5. The van der Waals surface area contributed by atoms with Crippen molar-refractivity contribution >= 4 is 18.1 Å². The number of nitrogens with zero attached hydrogens (tertiary/aromatic N) is 2. The van der Waals surface area contributed by atoms with Crippen molar-refractivity contribution in [3.8, 4) is 6.07 Å². The Morgan fingerprint density at radius 3 is 2.53 bits per heavy atom. The third-order valence-corrected chi connectivity index (χ3v) is 13.8. The second-order valence-electron chi connectivity index (χ2n) is 17.5. The number of amides is 2. The lowest BCUT2D eigenvalue weighted by atomic mass is 9.47. The van der Waals surface area contributed by atoms with Crippen molar-refractivity contribution in [1.29, 1.82) is 5.26 Å². The van der Waals surface area contributed by atoms with Gasteiger partial charge in [-0.25, -0.2) is 5.32 Å². The molecule has 0 aromatic heterocycles. The smallest absolute Gasteiger partial charge is 0.242 e. The van der Waals surface area contributed by atoms with Crippen molar-refractivity contribution in [3.05, 3.63) is 47.0 Å². The van der Waals surface area contributed by atoms with Gasteiger partial charge in [0.15, 0.2) is 0 Å². The molecule has 0 heterocycles. The summed E-state index contributed by atoms with van der Waals surface area (Å²) >= 11 is 0. The van der Waals surface area contributed by atoms with Crippen LogP contribution in [0.4, 0.5) is 0 Å². The van der Waals surface area contributed by atoms with Crippen LogP contribution in [-0.2, 0) is 25.5 Å². The highest BCUT2D eigenvalue weighted by atomic mass is 16.5. The minimum Gasteiger partial charge on any atom is -0.378 e. The molecule has 9 atom stereocenters. The zero-order valence-corrected chi connectivity index (χ0v) is 32.1. The van der Waals surface area contributed by atoms with Gasteiger partial charge in [0.25, 0.3) is 0 Å². The van der Waals surface area contributed by atoms with Crippen molar-refractivity contribution in [2.24, 2.45) is 46.3 Å². The van der Waals surface area contributed by atoms with Crippen LogP contribution in [0.5, 0.6) is 0 Å². The van der Waals surface area contributed by atoms with Gasteiger partial charge in [-0.2, -0.15) is 5.26 Å². The molecule has 0 saturated heterocycles. The minimum absolute atomic E-state index is 0.0318. The molecule has 3 saturated carbocycles. The summed E-state index contributed by atoms with van der Waals surface area (Å²) in [6.07, 6.45) is 19.0. The quantitative estimate of drug-likeness (QED) is 0.0997. The van der Waals surface area contributed by atoms with Gasteiger partial charge >= 0.3 is 0 Å². The number of allylic oxidation sites excluding steroid dienone is 1. The summed E-state index contributed by atoms with van der Waals surface area (Å²) in [6, 6.07) is 8.11. The minimum atomic E-state index is -0.800. The van der Waals surface area contributed by atoms with E-state index in [0.29, 0.717) is 35.8 Å². The van der Waals surface area contributed by atoms with Crippen LogP contribution in [-0.4, -0.2) is 43.4 Å². The van der Waals surface area contributed by atoms with Gasteiger partial charge in [0.05, 0.1) is 17.7 Å². The van der Waals surface area contributed by atoms with Gasteiger partial charge in [-0.3, -0.25) is 9.59 Å². The van der Waals surface area contributed by atoms with Crippen LogP contribution in [0, 0.1) is 57.7 Å². The summed E-state index contributed by atoms with van der Waals surface area (Å²) in [5, 5.41) is 15.8. The van der Waals surface area contributed by atoms with E-state index in [2.05, 4.69) is 57.4 Å². The highest BCUT2D eigenvalue weighted by Crippen LogP contribution is 2.67. The average Bonchev–Trinajstić information content (AvgIpc) is 3.47. The number of benzene rings is 1. The molecule has 1 aromatic carbocycles. The summed E-state index contributed by atoms with van der Waals surface area (Å²) in [5.41, 5.74) is 3.84. The zero-order valence-electron chi connectivity index (χ0n) is 32.1. The molecule has 3 unspecified atom stereocenters. The lowest BCUT2D eigenvalue weighted by Gasteiger charge is -2.58. The summed E-state index contributed by atoms with van der Waals surface area (Å²) in [6.45, 7) is 13.7. The van der Waals surface area contributed by atoms with E-state index in [9.17, 15) is 14.4 Å². The number of carbonyl (C=O) groups is 3. The van der Waals surface area contributed by atoms with Crippen molar-refractivity contribution < 1.29 is 19.1 Å². The molecule has 0 spiro atoms. The molecule has 4 aliphatic rings. The van der Waals surface area contributed by atoms with Crippen LogP contribution >= 0.6 is 0 Å². The van der Waals surface area contributed by atoms with E-state index in [1.165, 1.54) is 57.8 Å². The Labute approximate surface area is 308 Å². The molecule has 51 heavy (non-hydrogen) atoms. The summed E-state index contributed by atoms with van der Waals surface area (Å²) in [4.78, 5) is 36.2. The number of nitrogens with one attached hydrogen (secondary N) is 1. The van der Waals surface area contributed by atoms with E-state index in [0.717, 1.165) is 60.3 Å². The third kappa shape index (κ3) is 9.53. The third-order valence-electron chi connectivity index (χ3n) is 13.8. The van der Waals surface area contributed by atoms with Crippen molar-refractivity contribution in [1.82, 2.24) is 10.6 Å². The molecule has 0 aliphatic heterocycles. The van der Waals surface area contributed by atoms with Gasteiger partial charge in [-0.1, -0.05) is 77.7 Å². The van der Waals surface area contributed by atoms with Gasteiger partial charge in [0, 0.05) is 32.4 Å². The van der Waals surface area contributed by atoms with Crippen LogP contribution in [0.3, 0.4) is 0 Å². The number of rotatable bonds is 17. The van der Waals surface area contributed by atoms with Crippen molar-refractivity contribution in [2.75, 3.05) is 13.2 Å². The molecule has 1 aromatic rings. The predicted octanol–water partition coefficient (Wildman–Crippen LogP) is 8.51. The summed E-state index contributed by atoms with van der Waals surface area (Å²) in [7, 11) is 0. The van der Waals surface area contributed by atoms with Crippen LogP contribution in [0.15, 0.2) is 35.9 Å². The molecule has 7 nitrogen and oxygen atoms in total. The standard InChI is InChI=1S/C44H64N3O4/c1-30(2)8-6-9-31(3)38-16-17-39-37-15-14-34-27-36(20-22-43(34,4)40(37)21-23-44(38,39)5)51-25-7-24-46-41(49)18-19-42(50)47-35(29-48)26-32-10-12-33(28-45)13-11-32/h10-14,29-31,35-40H,6-9,15-27H2,1-5H3,(H,46,49)/t31-,35+,36+,37?,38-,39?,40?,43+,44-/m1/s1. The predicted molar refractivity (Wildman–Crippen MR) is 202 cm³/mol. The number of hydrogen-bond acceptors (Lipinski definition) is 5. The van der Waals surface area contributed by atoms with Crippen molar-refractivity contribution in [3.63, 3.8) is 0 Å². The van der Waals surface area contributed by atoms with E-state index in [1.807, 2.05) is 0 Å². The zero-order chi connectivity index (χ0) is 36.6. The Bertz CT molecular complexity index is 1410. The molecule has 1 radical (unpaired) electrons. The molecule has 1 N–H and O–H groups in total.